The van der Waals surface area contributed by atoms with Crippen LogP contribution in [0, 0.1) is 5.82 Å². The van der Waals surface area contributed by atoms with E-state index in [4.69, 9.17) is 5.10 Å². The van der Waals surface area contributed by atoms with Crippen LogP contribution in [-0.4, -0.2) is 49.9 Å². The first-order valence-electron chi connectivity index (χ1n) is 13.6. The van der Waals surface area contributed by atoms with Crippen LogP contribution < -0.4 is 10.6 Å². The summed E-state index contributed by atoms with van der Waals surface area (Å²) >= 11 is 0. The number of pyridine rings is 1. The lowest BCUT2D eigenvalue weighted by atomic mass is 9.93. The Morgan fingerprint density at radius 3 is 2.51 bits per heavy atom. The number of hydrogen-bond donors (Lipinski definition) is 3. The van der Waals surface area contributed by atoms with Gasteiger partial charge in [-0.15, -0.1) is 0 Å². The van der Waals surface area contributed by atoms with Gasteiger partial charge in [-0.05, 0) is 61.0 Å². The van der Waals surface area contributed by atoms with Crippen molar-refractivity contribution < 1.29 is 32.3 Å². The number of rotatable bonds is 4. The van der Waals surface area contributed by atoms with E-state index in [0.717, 1.165) is 22.9 Å². The predicted octanol–water partition coefficient (Wildman–Crippen LogP) is 6.37. The van der Waals surface area contributed by atoms with Gasteiger partial charge in [0.2, 0.25) is 0 Å². The van der Waals surface area contributed by atoms with E-state index >= 15 is 0 Å². The van der Waals surface area contributed by atoms with Gasteiger partial charge in [-0.3, -0.25) is 9.78 Å². The summed E-state index contributed by atoms with van der Waals surface area (Å²) in [5, 5.41) is 21.8. The first-order chi connectivity index (χ1) is 20.5. The van der Waals surface area contributed by atoms with E-state index in [0.29, 0.717) is 54.9 Å². The minimum Gasteiger partial charge on any atom is -0.465 e. The number of fused-ring (bicyclic) bond motifs is 2. The Labute approximate surface area is 242 Å². The molecule has 222 valence electrons. The zero-order valence-corrected chi connectivity index (χ0v) is 22.8. The molecule has 43 heavy (non-hydrogen) atoms. The van der Waals surface area contributed by atoms with E-state index in [9.17, 15) is 32.3 Å². The average molecular weight is 595 g/mol. The Morgan fingerprint density at radius 1 is 1.05 bits per heavy atom. The number of anilines is 2. The molecule has 4 heterocycles. The summed E-state index contributed by atoms with van der Waals surface area (Å²) in [6.07, 6.45) is -1.51. The molecule has 0 radical (unpaired) electrons. The summed E-state index contributed by atoms with van der Waals surface area (Å²) in [6, 6.07) is 10.4. The summed E-state index contributed by atoms with van der Waals surface area (Å²) in [4.78, 5) is 30.6. The van der Waals surface area contributed by atoms with Crippen molar-refractivity contribution >= 4 is 34.3 Å². The van der Waals surface area contributed by atoms with Gasteiger partial charge in [0.15, 0.2) is 0 Å². The summed E-state index contributed by atoms with van der Waals surface area (Å²) in [5.41, 5.74) is 0.400. The number of allylic oxidation sites excluding steroid dienone is 1. The molecule has 0 aliphatic carbocycles. The highest BCUT2D eigenvalue weighted by Gasteiger charge is 2.38. The highest BCUT2D eigenvalue weighted by molar-refractivity contribution is 6.06. The third-order valence-electron chi connectivity index (χ3n) is 7.93. The number of likely N-dealkylation sites (tertiary alicyclic amines) is 1. The molecule has 1 atom stereocenters. The number of amides is 2. The minimum absolute atomic E-state index is 0.0786. The maximum atomic E-state index is 14.9. The number of hydrogen-bond acceptors (Lipinski definition) is 5. The Hall–Kier alpha value is -4.94. The van der Waals surface area contributed by atoms with Crippen molar-refractivity contribution in [1.82, 2.24) is 19.7 Å². The minimum atomic E-state index is -4.89. The quantitative estimate of drug-likeness (QED) is 0.237. The van der Waals surface area contributed by atoms with Gasteiger partial charge < -0.3 is 20.6 Å². The maximum Gasteiger partial charge on any atom is 0.419 e. The standard InChI is InChI=1S/C30H26F4N6O3/c1-16-26(28(41)37-21-4-2-20-15-35-9-6-18(20)12-21)27(19-3-5-22(23(31)13-19)30(32,33)34)40-25(36-16)14-24(38-40)17-7-10-39(11-8-17)29(42)43/h2-6,9,12-15,17,27,36H,7-8,10-11H2,1H3,(H,37,41)(H,42,43). The first-order valence-corrected chi connectivity index (χ1v) is 13.6. The fourth-order valence-corrected chi connectivity index (χ4v) is 5.75. The number of alkyl halides is 3. The molecular weight excluding hydrogens is 568 g/mol. The second-order valence-corrected chi connectivity index (χ2v) is 10.6. The number of piperidine rings is 1. The molecule has 0 bridgehead atoms. The van der Waals surface area contributed by atoms with Crippen LogP contribution in [0.15, 0.2) is 72.2 Å². The zero-order valence-electron chi connectivity index (χ0n) is 22.8. The second-order valence-electron chi connectivity index (χ2n) is 10.6. The topological polar surface area (TPSA) is 112 Å². The van der Waals surface area contributed by atoms with Crippen LogP contribution in [0.5, 0.6) is 0 Å². The van der Waals surface area contributed by atoms with Gasteiger partial charge in [-0.2, -0.15) is 18.3 Å². The number of carboxylic acid groups (broad SMARTS) is 1. The number of halogens is 4. The van der Waals surface area contributed by atoms with Gasteiger partial charge in [-0.1, -0.05) is 12.1 Å². The number of benzene rings is 2. The summed E-state index contributed by atoms with van der Waals surface area (Å²) in [7, 11) is 0. The highest BCUT2D eigenvalue weighted by Crippen LogP contribution is 2.41. The Kier molecular flexibility index (Phi) is 7.03. The van der Waals surface area contributed by atoms with Crippen LogP contribution in [0.2, 0.25) is 0 Å². The number of nitrogens with zero attached hydrogens (tertiary/aromatic N) is 4. The molecular formula is C30H26F4N6O3. The monoisotopic (exact) mass is 594 g/mol. The molecule has 6 rings (SSSR count). The number of nitrogens with one attached hydrogen (secondary N) is 2. The SMILES string of the molecule is CC1=C(C(=O)Nc2ccc3cnccc3c2)C(c2ccc(C(F)(F)F)c(F)c2)n2nc(C3CCN(C(=O)O)CC3)cc2N1. The lowest BCUT2D eigenvalue weighted by Crippen LogP contribution is -2.37. The third-order valence-corrected chi connectivity index (χ3v) is 7.93. The Balaban J connectivity index is 1.38. The van der Waals surface area contributed by atoms with Crippen molar-refractivity contribution in [2.75, 3.05) is 23.7 Å². The van der Waals surface area contributed by atoms with Gasteiger partial charge in [0.25, 0.3) is 5.91 Å². The maximum absolute atomic E-state index is 14.9. The van der Waals surface area contributed by atoms with Crippen LogP contribution in [0.4, 0.5) is 33.9 Å². The van der Waals surface area contributed by atoms with Crippen molar-refractivity contribution in [3.05, 3.63) is 94.8 Å². The molecule has 13 heteroatoms. The molecule has 1 fully saturated rings. The molecule has 2 aromatic carbocycles. The normalized spacial score (nSPS) is 17.5. The van der Waals surface area contributed by atoms with Crippen molar-refractivity contribution in [2.45, 2.75) is 37.9 Å². The predicted molar refractivity (Wildman–Crippen MR) is 150 cm³/mol. The molecule has 2 amide bonds. The van der Waals surface area contributed by atoms with Crippen molar-refractivity contribution in [3.63, 3.8) is 0 Å². The summed E-state index contributed by atoms with van der Waals surface area (Å²) in [5.74, 6) is -1.60. The number of carbonyl (C=O) groups is 2. The largest absolute Gasteiger partial charge is 0.465 e. The van der Waals surface area contributed by atoms with Gasteiger partial charge in [-0.25, -0.2) is 13.9 Å². The lowest BCUT2D eigenvalue weighted by Gasteiger charge is -2.30. The molecule has 1 saturated heterocycles. The number of carbonyl (C=O) groups excluding carboxylic acids is 1. The molecule has 1 unspecified atom stereocenters. The molecule has 0 saturated carbocycles. The molecule has 2 aliphatic heterocycles. The van der Waals surface area contributed by atoms with E-state index in [1.54, 1.807) is 49.6 Å². The first kappa shape index (κ1) is 28.2. The van der Waals surface area contributed by atoms with Gasteiger partial charge in [0.1, 0.15) is 17.7 Å². The third kappa shape index (κ3) is 5.38. The van der Waals surface area contributed by atoms with E-state index < -0.39 is 35.6 Å². The van der Waals surface area contributed by atoms with E-state index in [1.807, 2.05) is 0 Å². The summed E-state index contributed by atoms with van der Waals surface area (Å²) < 4.78 is 56.5. The molecule has 9 nitrogen and oxygen atoms in total. The van der Waals surface area contributed by atoms with Crippen LogP contribution >= 0.6 is 0 Å². The molecule has 2 aliphatic rings. The van der Waals surface area contributed by atoms with Crippen LogP contribution in [0.25, 0.3) is 10.8 Å². The zero-order chi connectivity index (χ0) is 30.5. The summed E-state index contributed by atoms with van der Waals surface area (Å²) in [6.45, 7) is 2.32. The van der Waals surface area contributed by atoms with Gasteiger partial charge in [0.05, 0.1) is 16.8 Å². The lowest BCUT2D eigenvalue weighted by molar-refractivity contribution is -0.140. The average Bonchev–Trinajstić information content (AvgIpc) is 3.39. The van der Waals surface area contributed by atoms with Crippen molar-refractivity contribution in [2.24, 2.45) is 0 Å². The highest BCUT2D eigenvalue weighted by atomic mass is 19.4. The number of aromatic nitrogens is 3. The van der Waals surface area contributed by atoms with Gasteiger partial charge in [0, 0.05) is 54.2 Å². The fourth-order valence-electron chi connectivity index (χ4n) is 5.75. The van der Waals surface area contributed by atoms with E-state index in [1.165, 1.54) is 9.58 Å². The van der Waals surface area contributed by atoms with Gasteiger partial charge >= 0.3 is 12.3 Å². The molecule has 0 spiro atoms. The van der Waals surface area contributed by atoms with Crippen LogP contribution in [-0.2, 0) is 11.0 Å². The Bertz CT molecular complexity index is 1780. The fraction of sp³-hybridized carbons (Fsp3) is 0.267. The Morgan fingerprint density at radius 2 is 1.81 bits per heavy atom. The van der Waals surface area contributed by atoms with Crippen molar-refractivity contribution in [1.29, 1.82) is 0 Å². The smallest absolute Gasteiger partial charge is 0.419 e. The van der Waals surface area contributed by atoms with E-state index in [-0.39, 0.29) is 17.1 Å². The van der Waals surface area contributed by atoms with Crippen LogP contribution in [0.1, 0.15) is 48.5 Å². The van der Waals surface area contributed by atoms with E-state index in [2.05, 4.69) is 15.6 Å². The van der Waals surface area contributed by atoms with Crippen molar-refractivity contribution in [3.8, 4) is 0 Å². The molecule has 4 aromatic rings. The molecule has 2 aromatic heterocycles. The van der Waals surface area contributed by atoms with Crippen LogP contribution in [0.3, 0.4) is 0 Å². The molecule has 3 N–H and O–H groups in total. The second kappa shape index (κ2) is 10.7.